The third-order valence-corrected chi connectivity index (χ3v) is 5.45. The van der Waals surface area contributed by atoms with E-state index in [-0.39, 0.29) is 24.5 Å². The number of nitrogens with two attached hydrogens (primary N) is 1. The van der Waals surface area contributed by atoms with Crippen LogP contribution in [0.4, 0.5) is 0 Å². The fourth-order valence-corrected chi connectivity index (χ4v) is 2.17. The molecule has 0 aromatic rings. The summed E-state index contributed by atoms with van der Waals surface area (Å²) < 4.78 is 23.1. The summed E-state index contributed by atoms with van der Waals surface area (Å²) in [4.78, 5) is 11.9. The Morgan fingerprint density at radius 1 is 1.38 bits per heavy atom. The summed E-state index contributed by atoms with van der Waals surface area (Å²) in [6.45, 7) is 7.20. The van der Waals surface area contributed by atoms with Crippen LogP contribution in [0.25, 0.3) is 0 Å². The number of carbonyl (C=O) groups is 1. The largest absolute Gasteiger partial charge is 0.329 e. The monoisotopic (exact) mass is 249 g/mol. The average molecular weight is 249 g/mol. The molecule has 0 aliphatic heterocycles. The summed E-state index contributed by atoms with van der Waals surface area (Å²) in [6, 6.07) is 0. The molecule has 2 N–H and O–H groups in total. The predicted octanol–water partition coefficient (Wildman–Crippen LogP) is 1.14. The highest BCUT2D eigenvalue weighted by Crippen LogP contribution is 2.22. The molecule has 0 spiro atoms. The molecule has 0 aromatic heterocycles. The molecule has 0 saturated heterocycles. The molecule has 4 nitrogen and oxygen atoms in total. The molecule has 0 aromatic carbocycles. The first-order valence-electron chi connectivity index (χ1n) is 5.64. The number of carbonyl (C=O) groups excluding carboxylic acids is 1. The minimum absolute atomic E-state index is 0.0540. The highest BCUT2D eigenvalue weighted by Gasteiger charge is 2.30. The molecule has 1 unspecified atom stereocenters. The van der Waals surface area contributed by atoms with Gasteiger partial charge in [0.2, 0.25) is 0 Å². The van der Waals surface area contributed by atoms with E-state index in [0.29, 0.717) is 6.42 Å². The molecule has 16 heavy (non-hydrogen) atoms. The lowest BCUT2D eigenvalue weighted by Crippen LogP contribution is -2.36. The van der Waals surface area contributed by atoms with Gasteiger partial charge in [-0.1, -0.05) is 13.8 Å². The molecular weight excluding hydrogens is 226 g/mol. The van der Waals surface area contributed by atoms with Gasteiger partial charge in [-0.3, -0.25) is 4.79 Å². The molecule has 0 aliphatic rings. The Bertz CT molecular complexity index is 329. The topological polar surface area (TPSA) is 77.2 Å². The van der Waals surface area contributed by atoms with Crippen molar-refractivity contribution in [3.8, 4) is 0 Å². The lowest BCUT2D eigenvalue weighted by Gasteiger charge is -2.24. The maximum atomic E-state index is 11.9. The average Bonchev–Trinajstić information content (AvgIpc) is 2.24. The Labute approximate surface area is 98.5 Å². The van der Waals surface area contributed by atoms with Crippen LogP contribution in [0.3, 0.4) is 0 Å². The van der Waals surface area contributed by atoms with E-state index in [2.05, 4.69) is 0 Å². The van der Waals surface area contributed by atoms with Crippen LogP contribution in [0.15, 0.2) is 0 Å². The van der Waals surface area contributed by atoms with Crippen molar-refractivity contribution < 1.29 is 13.2 Å². The molecule has 0 fully saturated rings. The number of sulfone groups is 1. The summed E-state index contributed by atoms with van der Waals surface area (Å²) in [7, 11) is -3.13. The van der Waals surface area contributed by atoms with Gasteiger partial charge in [0.1, 0.15) is 5.78 Å². The van der Waals surface area contributed by atoms with E-state index < -0.39 is 20.5 Å². The van der Waals surface area contributed by atoms with Crippen LogP contribution in [-0.2, 0) is 14.6 Å². The van der Waals surface area contributed by atoms with Crippen molar-refractivity contribution in [2.75, 3.05) is 12.3 Å². The fourth-order valence-electron chi connectivity index (χ4n) is 1.23. The second-order valence-electron chi connectivity index (χ2n) is 4.71. The minimum Gasteiger partial charge on any atom is -0.329 e. The molecule has 0 bridgehead atoms. The minimum atomic E-state index is -3.13. The van der Waals surface area contributed by atoms with Crippen molar-refractivity contribution >= 4 is 15.6 Å². The maximum Gasteiger partial charge on any atom is 0.153 e. The lowest BCUT2D eigenvalue weighted by molar-refractivity contribution is -0.127. The van der Waals surface area contributed by atoms with E-state index in [1.165, 1.54) is 0 Å². The van der Waals surface area contributed by atoms with E-state index in [4.69, 9.17) is 5.73 Å². The Morgan fingerprint density at radius 2 is 1.88 bits per heavy atom. The number of Topliss-reactive ketones (excluding diaryl/α,β-unsaturated/α-hetero) is 1. The number of hydrogen-bond acceptors (Lipinski definition) is 4. The van der Waals surface area contributed by atoms with Crippen molar-refractivity contribution in [2.45, 2.75) is 45.8 Å². The number of rotatable bonds is 7. The lowest BCUT2D eigenvalue weighted by atomic mass is 9.82. The first-order valence-corrected chi connectivity index (χ1v) is 7.36. The number of ketones is 1. The zero-order valence-corrected chi connectivity index (χ0v) is 11.4. The van der Waals surface area contributed by atoms with Crippen LogP contribution in [0.2, 0.25) is 0 Å². The summed E-state index contributed by atoms with van der Waals surface area (Å²) in [5.74, 6) is -0.124. The number of hydrogen-bond donors (Lipinski definition) is 1. The van der Waals surface area contributed by atoms with Crippen molar-refractivity contribution in [1.82, 2.24) is 0 Å². The first kappa shape index (κ1) is 15.6. The molecule has 0 saturated carbocycles. The van der Waals surface area contributed by atoms with Crippen molar-refractivity contribution in [3.05, 3.63) is 0 Å². The van der Waals surface area contributed by atoms with Gasteiger partial charge >= 0.3 is 0 Å². The van der Waals surface area contributed by atoms with Gasteiger partial charge in [-0.25, -0.2) is 8.42 Å². The predicted molar refractivity (Wildman–Crippen MR) is 66.0 cm³/mol. The molecule has 0 aliphatic carbocycles. The van der Waals surface area contributed by atoms with Crippen molar-refractivity contribution in [1.29, 1.82) is 0 Å². The highest BCUT2D eigenvalue weighted by atomic mass is 32.2. The van der Waals surface area contributed by atoms with Gasteiger partial charge in [0.05, 0.1) is 11.0 Å². The maximum absolute atomic E-state index is 11.9. The molecule has 96 valence electrons. The van der Waals surface area contributed by atoms with Crippen LogP contribution in [0.1, 0.15) is 40.5 Å². The van der Waals surface area contributed by atoms with E-state index >= 15 is 0 Å². The van der Waals surface area contributed by atoms with Crippen LogP contribution in [-0.4, -0.2) is 31.7 Å². The summed E-state index contributed by atoms with van der Waals surface area (Å²) in [6.07, 6.45) is 0.714. The molecular formula is C11H23NO3S. The summed E-state index contributed by atoms with van der Waals surface area (Å²) in [5, 5.41) is -0.425. The van der Waals surface area contributed by atoms with Gasteiger partial charge in [0.15, 0.2) is 9.84 Å². The molecule has 0 amide bonds. The van der Waals surface area contributed by atoms with Crippen molar-refractivity contribution in [3.63, 3.8) is 0 Å². The van der Waals surface area contributed by atoms with Gasteiger partial charge in [0.25, 0.3) is 0 Å². The fraction of sp³-hybridized carbons (Fsp3) is 0.909. The summed E-state index contributed by atoms with van der Waals surface area (Å²) >= 11 is 0. The Morgan fingerprint density at radius 3 is 2.19 bits per heavy atom. The van der Waals surface area contributed by atoms with E-state index in [0.717, 1.165) is 0 Å². The molecule has 0 radical (unpaired) electrons. The Balaban J connectivity index is 4.50. The normalized spacial score (nSPS) is 16.1. The smallest absolute Gasteiger partial charge is 0.153 e. The zero-order valence-electron chi connectivity index (χ0n) is 10.6. The van der Waals surface area contributed by atoms with E-state index in [1.807, 2.05) is 6.92 Å². The highest BCUT2D eigenvalue weighted by molar-refractivity contribution is 7.91. The van der Waals surface area contributed by atoms with Gasteiger partial charge in [0, 0.05) is 18.4 Å². The van der Waals surface area contributed by atoms with Gasteiger partial charge in [-0.05, 0) is 20.3 Å². The SMILES string of the molecule is CCC(C)(CN)C(=O)CCS(=O)(=O)C(C)C. The Hall–Kier alpha value is -0.420. The van der Waals surface area contributed by atoms with Crippen molar-refractivity contribution in [2.24, 2.45) is 11.1 Å². The van der Waals surface area contributed by atoms with E-state index in [1.54, 1.807) is 20.8 Å². The molecule has 0 rings (SSSR count). The van der Waals surface area contributed by atoms with Crippen LogP contribution in [0.5, 0.6) is 0 Å². The van der Waals surface area contributed by atoms with E-state index in [9.17, 15) is 13.2 Å². The molecule has 0 heterocycles. The standard InChI is InChI=1S/C11H23NO3S/c1-5-11(4,8-12)10(13)6-7-16(14,15)9(2)3/h9H,5-8,12H2,1-4H3. The van der Waals surface area contributed by atoms with Crippen LogP contribution >= 0.6 is 0 Å². The third-order valence-electron chi connectivity index (χ3n) is 3.24. The third kappa shape index (κ3) is 3.87. The quantitative estimate of drug-likeness (QED) is 0.734. The molecule has 5 heteroatoms. The van der Waals surface area contributed by atoms with Crippen LogP contribution in [0, 0.1) is 5.41 Å². The van der Waals surface area contributed by atoms with Gasteiger partial charge in [-0.15, -0.1) is 0 Å². The van der Waals surface area contributed by atoms with Gasteiger partial charge < -0.3 is 5.73 Å². The second-order valence-corrected chi connectivity index (χ2v) is 7.38. The van der Waals surface area contributed by atoms with Gasteiger partial charge in [-0.2, -0.15) is 0 Å². The summed E-state index contributed by atoms with van der Waals surface area (Å²) in [5.41, 5.74) is 4.97. The molecule has 1 atom stereocenters. The zero-order chi connectivity index (χ0) is 13.0. The van der Waals surface area contributed by atoms with Crippen LogP contribution < -0.4 is 5.73 Å². The second kappa shape index (κ2) is 5.77. The first-order chi connectivity index (χ1) is 7.19. The Kier molecular flexibility index (Phi) is 5.62.